The maximum Gasteiger partial charge on any atom is 0.194 e. The standard InChI is InChI=1S/C24H33N7/c1-5-26-24(30-12-10-18(2)22(16-30)31-13-11-25-17-31)27-15-19-14-23(29(3)4)28-21-9-7-6-8-20(19)21/h6-9,11,13-14,17-18,22H,5,10,12,15-16H2,1-4H3,(H,26,27). The lowest BCUT2D eigenvalue weighted by atomic mass is 9.93. The third-order valence-electron chi connectivity index (χ3n) is 6.11. The summed E-state index contributed by atoms with van der Waals surface area (Å²) in [7, 11) is 4.05. The molecule has 7 nitrogen and oxygen atoms in total. The summed E-state index contributed by atoms with van der Waals surface area (Å²) in [5, 5.41) is 4.68. The average Bonchev–Trinajstić information content (AvgIpc) is 3.31. The van der Waals surface area contributed by atoms with E-state index in [-0.39, 0.29) is 0 Å². The van der Waals surface area contributed by atoms with Crippen LogP contribution in [0.4, 0.5) is 5.82 Å². The summed E-state index contributed by atoms with van der Waals surface area (Å²) in [6.07, 6.45) is 7.00. The van der Waals surface area contributed by atoms with Gasteiger partial charge in [0.05, 0.1) is 24.4 Å². The van der Waals surface area contributed by atoms with Gasteiger partial charge < -0.3 is 19.7 Å². The van der Waals surface area contributed by atoms with Crippen LogP contribution in [0, 0.1) is 5.92 Å². The molecule has 2 unspecified atom stereocenters. The molecule has 1 N–H and O–H groups in total. The minimum absolute atomic E-state index is 0.405. The van der Waals surface area contributed by atoms with Gasteiger partial charge in [-0.1, -0.05) is 25.1 Å². The molecule has 0 bridgehead atoms. The zero-order valence-electron chi connectivity index (χ0n) is 19.0. The SMILES string of the molecule is CCNC(=NCc1cc(N(C)C)nc2ccccc12)N1CCC(C)C(n2ccnc2)C1. The van der Waals surface area contributed by atoms with Crippen LogP contribution in [-0.2, 0) is 6.54 Å². The molecule has 0 amide bonds. The van der Waals surface area contributed by atoms with Crippen molar-refractivity contribution >= 4 is 22.7 Å². The van der Waals surface area contributed by atoms with Crippen molar-refractivity contribution in [3.63, 3.8) is 0 Å². The highest BCUT2D eigenvalue weighted by Gasteiger charge is 2.28. The van der Waals surface area contributed by atoms with Crippen molar-refractivity contribution in [2.24, 2.45) is 10.9 Å². The summed E-state index contributed by atoms with van der Waals surface area (Å²) in [5.41, 5.74) is 2.21. The lowest BCUT2D eigenvalue weighted by molar-refractivity contribution is 0.189. The van der Waals surface area contributed by atoms with Gasteiger partial charge in [-0.15, -0.1) is 0 Å². The number of aromatic nitrogens is 3. The van der Waals surface area contributed by atoms with Gasteiger partial charge >= 0.3 is 0 Å². The number of nitrogens with zero attached hydrogens (tertiary/aromatic N) is 6. The summed E-state index contributed by atoms with van der Waals surface area (Å²) in [4.78, 5) is 18.5. The number of fused-ring (bicyclic) bond motifs is 1. The topological polar surface area (TPSA) is 61.6 Å². The van der Waals surface area contributed by atoms with Crippen LogP contribution in [-0.4, -0.2) is 59.1 Å². The molecule has 0 aliphatic carbocycles. The Balaban J connectivity index is 1.61. The van der Waals surface area contributed by atoms with Gasteiger partial charge in [-0.25, -0.2) is 15.0 Å². The van der Waals surface area contributed by atoms with Gasteiger partial charge in [-0.05, 0) is 37.0 Å². The van der Waals surface area contributed by atoms with Crippen LogP contribution < -0.4 is 10.2 Å². The van der Waals surface area contributed by atoms with Crippen LogP contribution in [0.2, 0.25) is 0 Å². The Hall–Kier alpha value is -3.09. The first-order valence-electron chi connectivity index (χ1n) is 11.1. The van der Waals surface area contributed by atoms with Crippen LogP contribution in [0.15, 0.2) is 54.0 Å². The molecule has 0 radical (unpaired) electrons. The second-order valence-corrected chi connectivity index (χ2v) is 8.51. The first-order valence-corrected chi connectivity index (χ1v) is 11.1. The highest BCUT2D eigenvalue weighted by atomic mass is 15.3. The molecule has 0 spiro atoms. The van der Waals surface area contributed by atoms with Gasteiger partial charge in [0.1, 0.15) is 5.82 Å². The van der Waals surface area contributed by atoms with E-state index in [0.29, 0.717) is 18.5 Å². The van der Waals surface area contributed by atoms with Crippen molar-refractivity contribution in [2.75, 3.05) is 38.6 Å². The molecule has 1 fully saturated rings. The quantitative estimate of drug-likeness (QED) is 0.506. The Morgan fingerprint density at radius 3 is 2.87 bits per heavy atom. The lowest BCUT2D eigenvalue weighted by Crippen LogP contribution is -2.49. The largest absolute Gasteiger partial charge is 0.363 e. The molecule has 3 aromatic rings. The molecule has 7 heteroatoms. The number of pyridine rings is 1. The van der Waals surface area contributed by atoms with Crippen molar-refractivity contribution < 1.29 is 0 Å². The zero-order chi connectivity index (χ0) is 21.8. The van der Waals surface area contributed by atoms with E-state index in [2.05, 4.69) is 64.1 Å². The fourth-order valence-corrected chi connectivity index (χ4v) is 4.27. The maximum atomic E-state index is 5.06. The summed E-state index contributed by atoms with van der Waals surface area (Å²) in [5.74, 6) is 2.55. The summed E-state index contributed by atoms with van der Waals surface area (Å²) in [6.45, 7) is 7.87. The highest BCUT2D eigenvalue weighted by Crippen LogP contribution is 2.28. The molecular weight excluding hydrogens is 386 g/mol. The first-order chi connectivity index (χ1) is 15.1. The van der Waals surface area contributed by atoms with Crippen molar-refractivity contribution in [3.8, 4) is 0 Å². The van der Waals surface area contributed by atoms with Crippen LogP contribution in [0.5, 0.6) is 0 Å². The Bertz CT molecular complexity index is 1030. The van der Waals surface area contributed by atoms with E-state index in [9.17, 15) is 0 Å². The minimum atomic E-state index is 0.405. The van der Waals surface area contributed by atoms with E-state index in [1.54, 1.807) is 0 Å². The molecule has 0 saturated carbocycles. The molecule has 2 atom stereocenters. The third-order valence-corrected chi connectivity index (χ3v) is 6.11. The summed E-state index contributed by atoms with van der Waals surface area (Å²) < 4.78 is 2.24. The number of imidazole rings is 1. The normalized spacial score (nSPS) is 19.6. The minimum Gasteiger partial charge on any atom is -0.363 e. The van der Waals surface area contributed by atoms with Gasteiger partial charge in [-0.3, -0.25) is 0 Å². The Labute approximate surface area is 184 Å². The van der Waals surface area contributed by atoms with E-state index >= 15 is 0 Å². The number of guanidine groups is 1. The Kier molecular flexibility index (Phi) is 6.39. The molecule has 2 aromatic heterocycles. The lowest BCUT2D eigenvalue weighted by Gasteiger charge is -2.39. The average molecular weight is 420 g/mol. The number of anilines is 1. The monoisotopic (exact) mass is 419 g/mol. The van der Waals surface area contributed by atoms with Gasteiger partial charge in [0, 0.05) is 51.5 Å². The van der Waals surface area contributed by atoms with Gasteiger partial charge in [-0.2, -0.15) is 0 Å². The number of likely N-dealkylation sites (tertiary alicyclic amines) is 1. The second kappa shape index (κ2) is 9.37. The fourth-order valence-electron chi connectivity index (χ4n) is 4.27. The predicted octanol–water partition coefficient (Wildman–Crippen LogP) is 3.55. The third kappa shape index (κ3) is 4.65. The number of piperidine rings is 1. The summed E-state index contributed by atoms with van der Waals surface area (Å²) >= 11 is 0. The van der Waals surface area contributed by atoms with E-state index < -0.39 is 0 Å². The van der Waals surface area contributed by atoms with Crippen molar-refractivity contribution in [2.45, 2.75) is 32.9 Å². The van der Waals surface area contributed by atoms with Crippen LogP contribution in [0.25, 0.3) is 10.9 Å². The molecule has 4 rings (SSSR count). The summed E-state index contributed by atoms with van der Waals surface area (Å²) in [6, 6.07) is 10.9. The van der Waals surface area contributed by atoms with Crippen LogP contribution in [0.3, 0.4) is 0 Å². The number of para-hydroxylation sites is 1. The van der Waals surface area contributed by atoms with E-state index in [4.69, 9.17) is 9.98 Å². The van der Waals surface area contributed by atoms with E-state index in [0.717, 1.165) is 48.7 Å². The maximum absolute atomic E-state index is 5.06. The van der Waals surface area contributed by atoms with E-state index in [1.807, 2.05) is 37.6 Å². The smallest absolute Gasteiger partial charge is 0.194 e. The molecule has 3 heterocycles. The molecule has 164 valence electrons. The Morgan fingerprint density at radius 1 is 1.29 bits per heavy atom. The zero-order valence-corrected chi connectivity index (χ0v) is 19.0. The Morgan fingerprint density at radius 2 is 2.13 bits per heavy atom. The van der Waals surface area contributed by atoms with E-state index in [1.165, 1.54) is 5.56 Å². The van der Waals surface area contributed by atoms with Gasteiger partial charge in [0.2, 0.25) is 0 Å². The molecule has 1 aliphatic heterocycles. The number of aliphatic imine (C=N–C) groups is 1. The number of nitrogens with one attached hydrogen (secondary N) is 1. The molecule has 1 saturated heterocycles. The van der Waals surface area contributed by atoms with Crippen molar-refractivity contribution in [1.82, 2.24) is 24.8 Å². The first kappa shape index (κ1) is 21.2. The van der Waals surface area contributed by atoms with Gasteiger partial charge in [0.15, 0.2) is 5.96 Å². The number of benzene rings is 1. The molecular formula is C24H33N7. The molecule has 31 heavy (non-hydrogen) atoms. The number of hydrogen-bond donors (Lipinski definition) is 1. The molecule has 1 aliphatic rings. The highest BCUT2D eigenvalue weighted by molar-refractivity contribution is 5.85. The number of rotatable bonds is 5. The number of hydrogen-bond acceptors (Lipinski definition) is 4. The van der Waals surface area contributed by atoms with Crippen molar-refractivity contribution in [1.29, 1.82) is 0 Å². The molecule has 1 aromatic carbocycles. The predicted molar refractivity (Wildman–Crippen MR) is 128 cm³/mol. The second-order valence-electron chi connectivity index (χ2n) is 8.51. The van der Waals surface area contributed by atoms with Gasteiger partial charge in [0.25, 0.3) is 0 Å². The van der Waals surface area contributed by atoms with Crippen molar-refractivity contribution in [3.05, 3.63) is 54.6 Å². The van der Waals surface area contributed by atoms with Crippen LogP contribution >= 0.6 is 0 Å². The fraction of sp³-hybridized carbons (Fsp3) is 0.458. The van der Waals surface area contributed by atoms with Crippen LogP contribution in [0.1, 0.15) is 31.9 Å².